The van der Waals surface area contributed by atoms with Crippen molar-refractivity contribution < 1.29 is 17.9 Å². The largest absolute Gasteiger partial charge is 0.497 e. The number of ether oxygens (including phenoxy) is 1. The standard InChI is InChI=1S/C21H23F3N4O/c1-29-17-5-2-4-15(12-17)20-18(14-27-10-3-8-25-9-11-27)28-13-16(21(22,23)24)6-7-19(28)26-20/h2,4-7,12-13,25H,3,8-11,14H2,1H3. The molecule has 0 saturated carbocycles. The number of aromatic nitrogens is 2. The quantitative estimate of drug-likeness (QED) is 0.718. The van der Waals surface area contributed by atoms with Crippen molar-refractivity contribution in [2.75, 3.05) is 33.3 Å². The van der Waals surface area contributed by atoms with E-state index >= 15 is 0 Å². The summed E-state index contributed by atoms with van der Waals surface area (Å²) >= 11 is 0. The van der Waals surface area contributed by atoms with Crippen molar-refractivity contribution in [1.29, 1.82) is 0 Å². The van der Waals surface area contributed by atoms with Crippen LogP contribution in [0.5, 0.6) is 5.75 Å². The second-order valence-electron chi connectivity index (χ2n) is 7.16. The van der Waals surface area contributed by atoms with Gasteiger partial charge < -0.3 is 14.5 Å². The zero-order chi connectivity index (χ0) is 20.4. The van der Waals surface area contributed by atoms with Crippen LogP contribution in [0.3, 0.4) is 0 Å². The lowest BCUT2D eigenvalue weighted by molar-refractivity contribution is -0.137. The lowest BCUT2D eigenvalue weighted by atomic mass is 10.1. The number of nitrogens with one attached hydrogen (secondary N) is 1. The van der Waals surface area contributed by atoms with Gasteiger partial charge in [-0.05, 0) is 43.8 Å². The van der Waals surface area contributed by atoms with Crippen molar-refractivity contribution in [3.05, 3.63) is 53.9 Å². The summed E-state index contributed by atoms with van der Waals surface area (Å²) in [5.41, 5.74) is 2.07. The summed E-state index contributed by atoms with van der Waals surface area (Å²) in [5, 5.41) is 3.35. The maximum atomic E-state index is 13.3. The van der Waals surface area contributed by atoms with Gasteiger partial charge in [0.05, 0.1) is 24.1 Å². The van der Waals surface area contributed by atoms with Crippen LogP contribution >= 0.6 is 0 Å². The van der Waals surface area contributed by atoms with Crippen molar-refractivity contribution in [2.24, 2.45) is 0 Å². The Balaban J connectivity index is 1.84. The first-order valence-corrected chi connectivity index (χ1v) is 9.61. The van der Waals surface area contributed by atoms with E-state index in [1.807, 2.05) is 24.3 Å². The Kier molecular flexibility index (Phi) is 5.47. The number of hydrogen-bond acceptors (Lipinski definition) is 4. The van der Waals surface area contributed by atoms with Gasteiger partial charge in [0.2, 0.25) is 0 Å². The number of hydrogen-bond donors (Lipinski definition) is 1. The summed E-state index contributed by atoms with van der Waals surface area (Å²) in [5.74, 6) is 0.681. The van der Waals surface area contributed by atoms with Gasteiger partial charge in [-0.2, -0.15) is 13.2 Å². The molecule has 1 fully saturated rings. The highest BCUT2D eigenvalue weighted by Gasteiger charge is 2.31. The fourth-order valence-corrected chi connectivity index (χ4v) is 3.69. The molecular formula is C21H23F3N4O. The average molecular weight is 404 g/mol. The van der Waals surface area contributed by atoms with Crippen molar-refractivity contribution in [1.82, 2.24) is 19.6 Å². The van der Waals surface area contributed by atoms with Gasteiger partial charge in [-0.15, -0.1) is 0 Å². The molecule has 0 spiro atoms. The van der Waals surface area contributed by atoms with E-state index in [0.29, 0.717) is 23.6 Å². The van der Waals surface area contributed by atoms with Gasteiger partial charge in [0.15, 0.2) is 0 Å². The molecule has 4 rings (SSSR count). The Bertz CT molecular complexity index is 991. The molecule has 1 aliphatic heterocycles. The van der Waals surface area contributed by atoms with Crippen LogP contribution in [-0.2, 0) is 12.7 Å². The third-order valence-corrected chi connectivity index (χ3v) is 5.19. The molecule has 1 aliphatic rings. The lowest BCUT2D eigenvalue weighted by Crippen LogP contribution is -2.28. The smallest absolute Gasteiger partial charge is 0.417 e. The third kappa shape index (κ3) is 4.23. The molecule has 0 bridgehead atoms. The number of nitrogens with zero attached hydrogens (tertiary/aromatic N) is 3. The molecule has 2 aromatic heterocycles. The van der Waals surface area contributed by atoms with E-state index in [2.05, 4.69) is 15.2 Å². The van der Waals surface area contributed by atoms with E-state index in [4.69, 9.17) is 4.74 Å². The van der Waals surface area contributed by atoms with Gasteiger partial charge >= 0.3 is 6.18 Å². The predicted molar refractivity (Wildman–Crippen MR) is 105 cm³/mol. The average Bonchev–Trinajstić information content (AvgIpc) is 2.87. The Morgan fingerprint density at radius 1 is 1.14 bits per heavy atom. The monoisotopic (exact) mass is 404 g/mol. The van der Waals surface area contributed by atoms with E-state index in [-0.39, 0.29) is 0 Å². The zero-order valence-corrected chi connectivity index (χ0v) is 16.2. The number of pyridine rings is 1. The van der Waals surface area contributed by atoms with Crippen LogP contribution in [0, 0.1) is 0 Å². The molecule has 0 amide bonds. The first-order valence-electron chi connectivity index (χ1n) is 9.61. The van der Waals surface area contributed by atoms with Crippen molar-refractivity contribution in [2.45, 2.75) is 19.1 Å². The van der Waals surface area contributed by atoms with E-state index in [9.17, 15) is 13.2 Å². The minimum atomic E-state index is -4.40. The highest BCUT2D eigenvalue weighted by molar-refractivity contribution is 5.68. The summed E-state index contributed by atoms with van der Waals surface area (Å²) in [6.45, 7) is 4.06. The summed E-state index contributed by atoms with van der Waals surface area (Å²) < 4.78 is 46.9. The SMILES string of the molecule is COc1cccc(-c2nc3ccc(C(F)(F)F)cn3c2CN2CCCNCC2)c1. The summed E-state index contributed by atoms with van der Waals surface area (Å²) in [7, 11) is 1.59. The van der Waals surface area contributed by atoms with Crippen LogP contribution in [0.15, 0.2) is 42.6 Å². The van der Waals surface area contributed by atoms with Crippen LogP contribution in [-0.4, -0.2) is 47.6 Å². The Hall–Kier alpha value is -2.58. The number of rotatable bonds is 4. The molecule has 5 nitrogen and oxygen atoms in total. The highest BCUT2D eigenvalue weighted by Crippen LogP contribution is 2.32. The molecule has 154 valence electrons. The second kappa shape index (κ2) is 8.04. The molecular weight excluding hydrogens is 381 g/mol. The van der Waals surface area contributed by atoms with Gasteiger partial charge in [-0.3, -0.25) is 4.90 Å². The summed E-state index contributed by atoms with van der Waals surface area (Å²) in [6.07, 6.45) is -2.26. The van der Waals surface area contributed by atoms with Crippen molar-refractivity contribution >= 4 is 5.65 Å². The molecule has 0 radical (unpaired) electrons. The zero-order valence-electron chi connectivity index (χ0n) is 16.2. The molecule has 1 N–H and O–H groups in total. The van der Waals surface area contributed by atoms with Crippen LogP contribution in [0.4, 0.5) is 13.2 Å². The van der Waals surface area contributed by atoms with Gasteiger partial charge in [-0.1, -0.05) is 12.1 Å². The topological polar surface area (TPSA) is 41.8 Å². The van der Waals surface area contributed by atoms with Gasteiger partial charge in [0, 0.05) is 31.4 Å². The van der Waals surface area contributed by atoms with Crippen molar-refractivity contribution in [3.8, 4) is 17.0 Å². The molecule has 0 atom stereocenters. The predicted octanol–water partition coefficient (Wildman–Crippen LogP) is 3.82. The van der Waals surface area contributed by atoms with Crippen LogP contribution in [0.25, 0.3) is 16.9 Å². The second-order valence-corrected chi connectivity index (χ2v) is 7.16. The Labute approximate surface area is 167 Å². The number of imidazole rings is 1. The number of methoxy groups -OCH3 is 1. The number of benzene rings is 1. The Morgan fingerprint density at radius 2 is 2.00 bits per heavy atom. The first-order chi connectivity index (χ1) is 14.0. The van der Waals surface area contributed by atoms with Gasteiger partial charge in [0.1, 0.15) is 11.4 Å². The summed E-state index contributed by atoms with van der Waals surface area (Å²) in [6, 6.07) is 9.97. The molecule has 1 saturated heterocycles. The Morgan fingerprint density at radius 3 is 2.79 bits per heavy atom. The number of halogens is 3. The molecule has 3 heterocycles. The van der Waals surface area contributed by atoms with Crippen LogP contribution < -0.4 is 10.1 Å². The fraction of sp³-hybridized carbons (Fsp3) is 0.381. The van der Waals surface area contributed by atoms with Gasteiger partial charge in [0.25, 0.3) is 0 Å². The van der Waals surface area contributed by atoms with Gasteiger partial charge in [-0.25, -0.2) is 4.98 Å². The van der Waals surface area contributed by atoms with E-state index < -0.39 is 11.7 Å². The minimum Gasteiger partial charge on any atom is -0.497 e. The number of fused-ring (bicyclic) bond motifs is 1. The lowest BCUT2D eigenvalue weighted by Gasteiger charge is -2.20. The van der Waals surface area contributed by atoms with E-state index in [0.717, 1.165) is 56.1 Å². The van der Waals surface area contributed by atoms with Crippen LogP contribution in [0.2, 0.25) is 0 Å². The molecule has 8 heteroatoms. The molecule has 1 aromatic carbocycles. The van der Waals surface area contributed by atoms with E-state index in [1.54, 1.807) is 11.5 Å². The molecule has 0 aliphatic carbocycles. The van der Waals surface area contributed by atoms with E-state index in [1.165, 1.54) is 6.07 Å². The highest BCUT2D eigenvalue weighted by atomic mass is 19.4. The van der Waals surface area contributed by atoms with Crippen LogP contribution in [0.1, 0.15) is 17.7 Å². The fourth-order valence-electron chi connectivity index (χ4n) is 3.69. The third-order valence-electron chi connectivity index (χ3n) is 5.19. The molecule has 29 heavy (non-hydrogen) atoms. The normalized spacial score (nSPS) is 16.1. The molecule has 0 unspecified atom stereocenters. The number of alkyl halides is 3. The maximum Gasteiger partial charge on any atom is 0.417 e. The maximum absolute atomic E-state index is 13.3. The summed E-state index contributed by atoms with van der Waals surface area (Å²) in [4.78, 5) is 6.93. The van der Waals surface area contributed by atoms with Crippen molar-refractivity contribution in [3.63, 3.8) is 0 Å². The minimum absolute atomic E-state index is 0.499. The molecule has 3 aromatic rings. The first kappa shape index (κ1) is 19.7.